The monoisotopic (exact) mass is 368 g/mol. The zero-order valence-electron chi connectivity index (χ0n) is 15.7. The van der Waals surface area contributed by atoms with Crippen LogP contribution in [0.15, 0.2) is 36.4 Å². The molecule has 3 rings (SSSR count). The number of anilines is 1. The number of ether oxygens (including phenoxy) is 1. The number of rotatable bonds is 7. The zero-order chi connectivity index (χ0) is 19.4. The molecule has 6 heteroatoms. The van der Waals surface area contributed by atoms with E-state index in [0.29, 0.717) is 24.2 Å². The molecule has 0 atom stereocenters. The van der Waals surface area contributed by atoms with Gasteiger partial charge in [-0.25, -0.2) is 0 Å². The van der Waals surface area contributed by atoms with Crippen molar-refractivity contribution in [1.29, 1.82) is 0 Å². The van der Waals surface area contributed by atoms with E-state index in [-0.39, 0.29) is 30.1 Å². The molecule has 0 spiro atoms. The van der Waals surface area contributed by atoms with Crippen LogP contribution in [0.3, 0.4) is 0 Å². The van der Waals surface area contributed by atoms with Gasteiger partial charge in [0.15, 0.2) is 0 Å². The van der Waals surface area contributed by atoms with Crippen LogP contribution < -0.4 is 5.32 Å². The molecule has 2 aromatic rings. The lowest BCUT2D eigenvalue weighted by Crippen LogP contribution is -2.29. The van der Waals surface area contributed by atoms with Crippen LogP contribution in [0.2, 0.25) is 0 Å². The maximum Gasteiger partial charge on any atom is 0.305 e. The van der Waals surface area contributed by atoms with Crippen LogP contribution in [-0.4, -0.2) is 43.4 Å². The van der Waals surface area contributed by atoms with Crippen LogP contribution in [0, 0.1) is 5.92 Å². The van der Waals surface area contributed by atoms with Gasteiger partial charge in [-0.3, -0.25) is 14.4 Å². The van der Waals surface area contributed by atoms with Crippen LogP contribution >= 0.6 is 0 Å². The van der Waals surface area contributed by atoms with E-state index in [1.165, 1.54) is 7.11 Å². The Labute approximate surface area is 158 Å². The van der Waals surface area contributed by atoms with Crippen molar-refractivity contribution in [2.24, 2.45) is 5.92 Å². The maximum atomic E-state index is 13.0. The summed E-state index contributed by atoms with van der Waals surface area (Å²) in [5, 5.41) is 4.83. The average Bonchev–Trinajstić information content (AvgIpc) is 3.52. The molecule has 0 unspecified atom stereocenters. The fraction of sp³-hybridized carbons (Fsp3) is 0.381. The van der Waals surface area contributed by atoms with Gasteiger partial charge in [0.1, 0.15) is 0 Å². The van der Waals surface area contributed by atoms with Gasteiger partial charge >= 0.3 is 5.97 Å². The van der Waals surface area contributed by atoms with Crippen molar-refractivity contribution in [3.05, 3.63) is 42.0 Å². The van der Waals surface area contributed by atoms with E-state index >= 15 is 0 Å². The number of benzene rings is 2. The lowest BCUT2D eigenvalue weighted by atomic mass is 10.0. The van der Waals surface area contributed by atoms with E-state index in [9.17, 15) is 14.4 Å². The first-order valence-corrected chi connectivity index (χ1v) is 9.15. The van der Waals surface area contributed by atoms with Crippen LogP contribution in [-0.2, 0) is 14.3 Å². The number of nitrogens with one attached hydrogen (secondary N) is 1. The third-order valence-electron chi connectivity index (χ3n) is 4.77. The van der Waals surface area contributed by atoms with Gasteiger partial charge in [0.25, 0.3) is 5.91 Å². The predicted octanol–water partition coefficient (Wildman–Crippen LogP) is 3.21. The predicted molar refractivity (Wildman–Crippen MR) is 104 cm³/mol. The van der Waals surface area contributed by atoms with Crippen LogP contribution in [0.4, 0.5) is 5.69 Å². The van der Waals surface area contributed by atoms with Gasteiger partial charge in [0, 0.05) is 25.9 Å². The largest absolute Gasteiger partial charge is 0.469 e. The second kappa shape index (κ2) is 8.20. The number of methoxy groups -OCH3 is 1. The smallest absolute Gasteiger partial charge is 0.305 e. The highest BCUT2D eigenvalue weighted by Gasteiger charge is 2.30. The van der Waals surface area contributed by atoms with Gasteiger partial charge < -0.3 is 15.0 Å². The van der Waals surface area contributed by atoms with Crippen LogP contribution in [0.25, 0.3) is 10.8 Å². The first kappa shape index (κ1) is 18.9. The third-order valence-corrected chi connectivity index (χ3v) is 4.77. The molecule has 0 aliphatic heterocycles. The van der Waals surface area contributed by atoms with E-state index in [1.807, 2.05) is 36.4 Å². The fourth-order valence-electron chi connectivity index (χ4n) is 2.97. The molecule has 2 amide bonds. The summed E-state index contributed by atoms with van der Waals surface area (Å²) >= 11 is 0. The molecule has 2 aromatic carbocycles. The Morgan fingerprint density at radius 1 is 1.15 bits per heavy atom. The lowest BCUT2D eigenvalue weighted by Gasteiger charge is -2.20. The molecule has 6 nitrogen and oxygen atoms in total. The number of nitrogens with zero attached hydrogens (tertiary/aromatic N) is 1. The second-order valence-corrected chi connectivity index (χ2v) is 6.91. The third kappa shape index (κ3) is 4.64. The summed E-state index contributed by atoms with van der Waals surface area (Å²) in [7, 11) is 3.04. The number of fused-ring (bicyclic) bond motifs is 1. The number of carbonyl (C=O) groups excluding carboxylic acids is 3. The Morgan fingerprint density at radius 2 is 1.81 bits per heavy atom. The Hall–Kier alpha value is -2.89. The fourth-order valence-corrected chi connectivity index (χ4v) is 2.97. The highest BCUT2D eigenvalue weighted by Crippen LogP contribution is 2.32. The minimum absolute atomic E-state index is 0.0346. The Bertz CT molecular complexity index is 874. The summed E-state index contributed by atoms with van der Waals surface area (Å²) in [4.78, 5) is 38.0. The minimum atomic E-state index is -0.293. The van der Waals surface area contributed by atoms with E-state index < -0.39 is 0 Å². The highest BCUT2D eigenvalue weighted by molar-refractivity contribution is 6.08. The Kier molecular flexibility index (Phi) is 5.74. The van der Waals surface area contributed by atoms with Crippen molar-refractivity contribution in [3.8, 4) is 0 Å². The molecule has 0 saturated heterocycles. The van der Waals surface area contributed by atoms with Gasteiger partial charge in [-0.15, -0.1) is 0 Å². The molecule has 0 bridgehead atoms. The quantitative estimate of drug-likeness (QED) is 0.762. The van der Waals surface area contributed by atoms with Crippen molar-refractivity contribution < 1.29 is 19.1 Å². The Morgan fingerprint density at radius 3 is 2.44 bits per heavy atom. The molecule has 1 saturated carbocycles. The molecule has 1 aliphatic rings. The standard InChI is InChI=1S/C21H24N2O4/c1-23(11-5-8-19(24)27-2)21(26)17-12-15-6-3-4-7-16(15)13-18(17)22-20(25)14-9-10-14/h3-4,6-7,12-14H,5,8-11H2,1-2H3,(H,22,25). The lowest BCUT2D eigenvalue weighted by molar-refractivity contribution is -0.140. The molecule has 27 heavy (non-hydrogen) atoms. The van der Waals surface area contributed by atoms with Crippen molar-refractivity contribution in [2.45, 2.75) is 25.7 Å². The maximum absolute atomic E-state index is 13.0. The molecule has 1 aliphatic carbocycles. The van der Waals surface area contributed by atoms with E-state index in [4.69, 9.17) is 0 Å². The molecule has 0 heterocycles. The van der Waals surface area contributed by atoms with Gasteiger partial charge in [0.05, 0.1) is 18.4 Å². The first-order valence-electron chi connectivity index (χ1n) is 9.15. The number of carbonyl (C=O) groups is 3. The summed E-state index contributed by atoms with van der Waals surface area (Å²) in [5.74, 6) is -0.458. The summed E-state index contributed by atoms with van der Waals surface area (Å²) in [6, 6.07) is 11.4. The van der Waals surface area contributed by atoms with Crippen LogP contribution in [0.1, 0.15) is 36.0 Å². The Balaban J connectivity index is 1.82. The molecule has 1 N–H and O–H groups in total. The SMILES string of the molecule is COC(=O)CCCN(C)C(=O)c1cc2ccccc2cc1NC(=O)C1CC1. The molecule has 0 radical (unpaired) electrons. The molecular formula is C21H24N2O4. The highest BCUT2D eigenvalue weighted by atomic mass is 16.5. The second-order valence-electron chi connectivity index (χ2n) is 6.91. The summed E-state index contributed by atoms with van der Waals surface area (Å²) in [6.07, 6.45) is 2.58. The van der Waals surface area contributed by atoms with Crippen LogP contribution in [0.5, 0.6) is 0 Å². The average molecular weight is 368 g/mol. The number of hydrogen-bond acceptors (Lipinski definition) is 4. The van der Waals surface area contributed by atoms with E-state index in [0.717, 1.165) is 23.6 Å². The number of esters is 1. The topological polar surface area (TPSA) is 75.7 Å². The normalized spacial score (nSPS) is 13.3. The number of hydrogen-bond donors (Lipinski definition) is 1. The molecule has 142 valence electrons. The van der Waals surface area contributed by atoms with Gasteiger partial charge in [-0.2, -0.15) is 0 Å². The summed E-state index contributed by atoms with van der Waals surface area (Å²) < 4.78 is 4.63. The van der Waals surface area contributed by atoms with Gasteiger partial charge in [0.2, 0.25) is 5.91 Å². The summed E-state index contributed by atoms with van der Waals surface area (Å²) in [6.45, 7) is 0.427. The van der Waals surface area contributed by atoms with E-state index in [2.05, 4.69) is 10.1 Å². The number of amides is 2. The van der Waals surface area contributed by atoms with Gasteiger partial charge in [-0.05, 0) is 42.2 Å². The minimum Gasteiger partial charge on any atom is -0.469 e. The van der Waals surface area contributed by atoms with E-state index in [1.54, 1.807) is 11.9 Å². The molecule has 1 fully saturated rings. The van der Waals surface area contributed by atoms with Crippen molar-refractivity contribution >= 4 is 34.2 Å². The van der Waals surface area contributed by atoms with Crippen molar-refractivity contribution in [3.63, 3.8) is 0 Å². The first-order chi connectivity index (χ1) is 13.0. The molecular weight excluding hydrogens is 344 g/mol. The zero-order valence-corrected chi connectivity index (χ0v) is 15.7. The molecule has 0 aromatic heterocycles. The van der Waals surface area contributed by atoms with Crippen molar-refractivity contribution in [1.82, 2.24) is 4.90 Å². The van der Waals surface area contributed by atoms with Gasteiger partial charge in [-0.1, -0.05) is 24.3 Å². The summed E-state index contributed by atoms with van der Waals surface area (Å²) in [5.41, 5.74) is 0.999. The van der Waals surface area contributed by atoms with Crippen molar-refractivity contribution in [2.75, 3.05) is 26.0 Å².